The zero-order chi connectivity index (χ0) is 15.8. The molecule has 1 aromatic carbocycles. The summed E-state index contributed by atoms with van der Waals surface area (Å²) in [5, 5.41) is 9.24. The number of carbonyl (C=O) groups is 2. The molecule has 5 heteroatoms. The predicted molar refractivity (Wildman–Crippen MR) is 76.4 cm³/mol. The largest absolute Gasteiger partial charge is 0.481 e. The first-order valence-corrected chi connectivity index (χ1v) is 6.96. The smallest absolute Gasteiger partial charge is 0.311 e. The zero-order valence-electron chi connectivity index (χ0n) is 12.5. The van der Waals surface area contributed by atoms with Crippen LogP contribution < -0.4 is 0 Å². The summed E-state index contributed by atoms with van der Waals surface area (Å²) in [7, 11) is 0. The number of aliphatic carboxylic acids is 1. The van der Waals surface area contributed by atoms with Crippen molar-refractivity contribution in [3.8, 4) is 0 Å². The van der Waals surface area contributed by atoms with Gasteiger partial charge in [-0.2, -0.15) is 0 Å². The molecule has 1 aliphatic heterocycles. The molecule has 2 rings (SSSR count). The monoisotopic (exact) mass is 293 g/mol. The number of hydrogen-bond donors (Lipinski definition) is 1. The first-order valence-electron chi connectivity index (χ1n) is 6.96. The van der Waals surface area contributed by atoms with Crippen LogP contribution in [0.1, 0.15) is 32.8 Å². The van der Waals surface area contributed by atoms with Crippen molar-refractivity contribution in [2.75, 3.05) is 13.1 Å². The molecule has 1 fully saturated rings. The van der Waals surface area contributed by atoms with E-state index in [-0.39, 0.29) is 12.5 Å². The number of halogens is 1. The van der Waals surface area contributed by atoms with Gasteiger partial charge in [0.1, 0.15) is 5.82 Å². The Kier molecular flexibility index (Phi) is 3.78. The van der Waals surface area contributed by atoms with Crippen molar-refractivity contribution in [1.29, 1.82) is 0 Å². The van der Waals surface area contributed by atoms with Gasteiger partial charge in [0.05, 0.1) is 10.8 Å². The molecule has 0 bridgehead atoms. The fourth-order valence-corrected chi connectivity index (χ4v) is 2.79. The van der Waals surface area contributed by atoms with Crippen molar-refractivity contribution >= 4 is 11.9 Å². The van der Waals surface area contributed by atoms with Gasteiger partial charge in [-0.25, -0.2) is 4.39 Å². The lowest BCUT2D eigenvalue weighted by Gasteiger charge is -2.30. The third-order valence-electron chi connectivity index (χ3n) is 4.36. The van der Waals surface area contributed by atoms with E-state index in [4.69, 9.17) is 0 Å². The minimum Gasteiger partial charge on any atom is -0.481 e. The molecule has 1 saturated heterocycles. The highest BCUT2D eigenvalue weighted by Crippen LogP contribution is 2.35. The molecular weight excluding hydrogens is 273 g/mol. The summed E-state index contributed by atoms with van der Waals surface area (Å²) in [6, 6.07) is 6.20. The Balaban J connectivity index is 2.25. The molecule has 0 aromatic heterocycles. The Morgan fingerprint density at radius 3 is 2.48 bits per heavy atom. The molecule has 0 spiro atoms. The summed E-state index contributed by atoms with van der Waals surface area (Å²) in [6.45, 7) is 5.53. The average molecular weight is 293 g/mol. The van der Waals surface area contributed by atoms with Gasteiger partial charge < -0.3 is 10.0 Å². The number of carbonyl (C=O) groups excluding carboxylic acids is 1. The lowest BCUT2D eigenvalue weighted by atomic mass is 9.82. The molecule has 0 saturated carbocycles. The van der Waals surface area contributed by atoms with E-state index < -0.39 is 22.6 Å². The van der Waals surface area contributed by atoms with Crippen LogP contribution in [0, 0.1) is 11.2 Å². The maximum Gasteiger partial charge on any atom is 0.311 e. The van der Waals surface area contributed by atoms with E-state index in [1.165, 1.54) is 11.0 Å². The van der Waals surface area contributed by atoms with E-state index in [9.17, 15) is 19.1 Å². The third-order valence-corrected chi connectivity index (χ3v) is 4.36. The van der Waals surface area contributed by atoms with Crippen molar-refractivity contribution in [3.63, 3.8) is 0 Å². The van der Waals surface area contributed by atoms with Gasteiger partial charge in [-0.1, -0.05) is 18.2 Å². The molecule has 1 heterocycles. The Hall–Kier alpha value is -1.91. The van der Waals surface area contributed by atoms with Crippen molar-refractivity contribution in [3.05, 3.63) is 35.6 Å². The maximum atomic E-state index is 13.9. The molecule has 1 amide bonds. The molecule has 21 heavy (non-hydrogen) atoms. The van der Waals surface area contributed by atoms with Crippen molar-refractivity contribution in [2.45, 2.75) is 32.6 Å². The standard InChI is InChI=1S/C16H20FNO3/c1-15(2,11-6-4-5-7-12(11)17)13(19)18-9-8-16(3,10-18)14(20)21/h4-7H,8-10H2,1-3H3,(H,20,21)/t16-/m0/s1. The highest BCUT2D eigenvalue weighted by Gasteiger charge is 2.45. The lowest BCUT2D eigenvalue weighted by Crippen LogP contribution is -2.44. The molecule has 1 aromatic rings. The van der Waals surface area contributed by atoms with Gasteiger partial charge >= 0.3 is 5.97 Å². The van der Waals surface area contributed by atoms with Crippen molar-refractivity contribution in [1.82, 2.24) is 4.90 Å². The lowest BCUT2D eigenvalue weighted by molar-refractivity contribution is -0.147. The molecule has 1 N–H and O–H groups in total. The minimum absolute atomic E-state index is 0.166. The van der Waals surface area contributed by atoms with Crippen LogP contribution in [0.25, 0.3) is 0 Å². The summed E-state index contributed by atoms with van der Waals surface area (Å²) in [6.07, 6.45) is 0.418. The van der Waals surface area contributed by atoms with Crippen LogP contribution in [-0.4, -0.2) is 35.0 Å². The second-order valence-corrected chi connectivity index (χ2v) is 6.45. The number of likely N-dealkylation sites (tertiary alicyclic amines) is 1. The molecular formula is C16H20FNO3. The van der Waals surface area contributed by atoms with Gasteiger partial charge in [0.2, 0.25) is 5.91 Å². The average Bonchev–Trinajstić information content (AvgIpc) is 2.82. The SMILES string of the molecule is CC(C)(C(=O)N1CC[C@](C)(C(=O)O)C1)c1ccccc1F. The number of carboxylic acids is 1. The Morgan fingerprint density at radius 2 is 1.95 bits per heavy atom. The highest BCUT2D eigenvalue weighted by atomic mass is 19.1. The normalized spacial score (nSPS) is 22.4. The molecule has 4 nitrogen and oxygen atoms in total. The highest BCUT2D eigenvalue weighted by molar-refractivity contribution is 5.88. The van der Waals surface area contributed by atoms with Crippen molar-refractivity contribution in [2.24, 2.45) is 5.41 Å². The summed E-state index contributed by atoms with van der Waals surface area (Å²) in [5.41, 5.74) is -1.60. The van der Waals surface area contributed by atoms with Crippen molar-refractivity contribution < 1.29 is 19.1 Å². The Bertz CT molecular complexity index is 585. The second kappa shape index (κ2) is 5.13. The maximum absolute atomic E-state index is 13.9. The van der Waals surface area contributed by atoms with E-state index in [0.29, 0.717) is 18.5 Å². The topological polar surface area (TPSA) is 57.6 Å². The fraction of sp³-hybridized carbons (Fsp3) is 0.500. The Labute approximate surface area is 123 Å². The summed E-state index contributed by atoms with van der Waals surface area (Å²) < 4.78 is 13.9. The number of benzene rings is 1. The van der Waals surface area contributed by atoms with Gasteiger partial charge in [-0.05, 0) is 33.3 Å². The number of rotatable bonds is 3. The summed E-state index contributed by atoms with van der Waals surface area (Å²) in [4.78, 5) is 25.5. The zero-order valence-corrected chi connectivity index (χ0v) is 12.5. The molecule has 1 atom stereocenters. The number of nitrogens with zero attached hydrogens (tertiary/aromatic N) is 1. The minimum atomic E-state index is -1.02. The first-order chi connectivity index (χ1) is 9.68. The van der Waals surface area contributed by atoms with Crippen LogP contribution in [-0.2, 0) is 15.0 Å². The van der Waals surface area contributed by atoms with Crippen LogP contribution in [0.2, 0.25) is 0 Å². The first kappa shape index (κ1) is 15.5. The molecule has 1 aliphatic rings. The number of amides is 1. The van der Waals surface area contributed by atoms with E-state index in [2.05, 4.69) is 0 Å². The fourth-order valence-electron chi connectivity index (χ4n) is 2.79. The Morgan fingerprint density at radius 1 is 1.33 bits per heavy atom. The van der Waals surface area contributed by atoms with Gasteiger partial charge in [-0.3, -0.25) is 9.59 Å². The van der Waals surface area contributed by atoms with Crippen LogP contribution in [0.15, 0.2) is 24.3 Å². The summed E-state index contributed by atoms with van der Waals surface area (Å²) in [5.74, 6) is -1.56. The molecule has 0 radical (unpaired) electrons. The molecule has 114 valence electrons. The van der Waals surface area contributed by atoms with Crippen LogP contribution >= 0.6 is 0 Å². The second-order valence-electron chi connectivity index (χ2n) is 6.45. The van der Waals surface area contributed by atoms with E-state index in [1.54, 1.807) is 39.0 Å². The quantitative estimate of drug-likeness (QED) is 0.931. The van der Waals surface area contributed by atoms with Crippen LogP contribution in [0.4, 0.5) is 4.39 Å². The third kappa shape index (κ3) is 2.64. The van der Waals surface area contributed by atoms with E-state index >= 15 is 0 Å². The van der Waals surface area contributed by atoms with Gasteiger partial charge in [0.15, 0.2) is 0 Å². The number of carboxylic acid groups (broad SMARTS) is 1. The molecule has 0 aliphatic carbocycles. The molecule has 0 unspecified atom stereocenters. The van der Waals surface area contributed by atoms with Gasteiger partial charge in [-0.15, -0.1) is 0 Å². The van der Waals surface area contributed by atoms with Gasteiger partial charge in [0.25, 0.3) is 0 Å². The summed E-state index contributed by atoms with van der Waals surface area (Å²) >= 11 is 0. The van der Waals surface area contributed by atoms with Gasteiger partial charge in [0, 0.05) is 18.7 Å². The predicted octanol–water partition coefficient (Wildman–Crippen LogP) is 2.43. The van der Waals surface area contributed by atoms with Crippen LogP contribution in [0.5, 0.6) is 0 Å². The van der Waals surface area contributed by atoms with E-state index in [1.807, 2.05) is 0 Å². The number of hydrogen-bond acceptors (Lipinski definition) is 2. The van der Waals surface area contributed by atoms with E-state index in [0.717, 1.165) is 0 Å². The van der Waals surface area contributed by atoms with Crippen LogP contribution in [0.3, 0.4) is 0 Å².